The van der Waals surface area contributed by atoms with Gasteiger partial charge in [-0.3, -0.25) is 9.69 Å². The molecule has 2 rings (SSSR count). The molecule has 4 nitrogen and oxygen atoms in total. The zero-order valence-electron chi connectivity index (χ0n) is 11.6. The van der Waals surface area contributed by atoms with Gasteiger partial charge >= 0.3 is 0 Å². The van der Waals surface area contributed by atoms with Gasteiger partial charge < -0.3 is 10.5 Å². The van der Waals surface area contributed by atoms with Gasteiger partial charge in [-0.1, -0.05) is 0 Å². The summed E-state index contributed by atoms with van der Waals surface area (Å²) in [7, 11) is 1.53. The molecule has 0 radical (unpaired) electrons. The van der Waals surface area contributed by atoms with Crippen LogP contribution in [0, 0.1) is 29.3 Å². The summed E-state index contributed by atoms with van der Waals surface area (Å²) >= 11 is 0. The van der Waals surface area contributed by atoms with Crippen molar-refractivity contribution in [2.75, 3.05) is 26.8 Å². The predicted molar refractivity (Wildman–Crippen MR) is 69.6 cm³/mol. The van der Waals surface area contributed by atoms with Gasteiger partial charge in [0, 0.05) is 32.7 Å². The summed E-state index contributed by atoms with van der Waals surface area (Å²) in [6.45, 7) is 1.53. The Morgan fingerprint density at radius 3 is 2.48 bits per heavy atom. The minimum Gasteiger partial charge on any atom is -0.384 e. The number of carbonyl (C=O) groups excluding carboxylic acids is 1. The van der Waals surface area contributed by atoms with Crippen LogP contribution in [-0.2, 0) is 16.1 Å². The molecular formula is C14H17F3N2O2. The Bertz CT molecular complexity index is 516. The largest absolute Gasteiger partial charge is 0.384 e. The molecule has 2 N–H and O–H groups in total. The molecule has 1 aliphatic heterocycles. The van der Waals surface area contributed by atoms with Crippen molar-refractivity contribution in [3.05, 3.63) is 35.1 Å². The van der Waals surface area contributed by atoms with E-state index in [1.807, 2.05) is 4.90 Å². The summed E-state index contributed by atoms with van der Waals surface area (Å²) in [6, 6.07) is 1.92. The molecule has 21 heavy (non-hydrogen) atoms. The van der Waals surface area contributed by atoms with Gasteiger partial charge in [0.1, 0.15) is 0 Å². The number of ether oxygens (including phenoxy) is 1. The van der Waals surface area contributed by atoms with Gasteiger partial charge in [0.25, 0.3) is 0 Å². The highest BCUT2D eigenvalue weighted by Crippen LogP contribution is 2.25. The fraction of sp³-hybridized carbons (Fsp3) is 0.500. The quantitative estimate of drug-likeness (QED) is 0.834. The molecule has 1 fully saturated rings. The van der Waals surface area contributed by atoms with E-state index in [9.17, 15) is 18.0 Å². The van der Waals surface area contributed by atoms with Gasteiger partial charge in [0.15, 0.2) is 17.5 Å². The monoisotopic (exact) mass is 302 g/mol. The van der Waals surface area contributed by atoms with Gasteiger partial charge in [0.2, 0.25) is 5.91 Å². The van der Waals surface area contributed by atoms with E-state index in [-0.39, 0.29) is 18.4 Å². The molecule has 116 valence electrons. The summed E-state index contributed by atoms with van der Waals surface area (Å²) in [5.41, 5.74) is 5.66. The highest BCUT2D eigenvalue weighted by atomic mass is 19.2. The van der Waals surface area contributed by atoms with Crippen LogP contribution in [0.3, 0.4) is 0 Å². The van der Waals surface area contributed by atoms with Crippen molar-refractivity contribution < 1.29 is 22.7 Å². The van der Waals surface area contributed by atoms with Crippen molar-refractivity contribution in [2.24, 2.45) is 17.6 Å². The van der Waals surface area contributed by atoms with Crippen LogP contribution >= 0.6 is 0 Å². The fourth-order valence-electron chi connectivity index (χ4n) is 2.75. The number of methoxy groups -OCH3 is 1. The third kappa shape index (κ3) is 3.54. The molecule has 0 saturated carbocycles. The van der Waals surface area contributed by atoms with Crippen molar-refractivity contribution in [1.82, 2.24) is 4.90 Å². The summed E-state index contributed by atoms with van der Waals surface area (Å²) in [6.07, 6.45) is 0. The maximum atomic E-state index is 13.2. The molecule has 2 atom stereocenters. The normalized spacial score (nSPS) is 22.7. The second-order valence-corrected chi connectivity index (χ2v) is 5.29. The lowest BCUT2D eigenvalue weighted by Gasteiger charge is -2.16. The third-order valence-corrected chi connectivity index (χ3v) is 3.71. The van der Waals surface area contributed by atoms with E-state index >= 15 is 0 Å². The molecule has 7 heteroatoms. The number of hydrogen-bond acceptors (Lipinski definition) is 3. The van der Waals surface area contributed by atoms with E-state index in [4.69, 9.17) is 10.5 Å². The summed E-state index contributed by atoms with van der Waals surface area (Å²) in [5, 5.41) is 0. The van der Waals surface area contributed by atoms with Crippen molar-refractivity contribution in [3.8, 4) is 0 Å². The molecule has 1 aromatic carbocycles. The van der Waals surface area contributed by atoms with Gasteiger partial charge in [-0.05, 0) is 17.7 Å². The average molecular weight is 302 g/mol. The first-order valence-electron chi connectivity index (χ1n) is 6.56. The maximum Gasteiger partial charge on any atom is 0.222 e. The van der Waals surface area contributed by atoms with Crippen molar-refractivity contribution >= 4 is 5.91 Å². The standard InChI is InChI=1S/C14H17F3N2O2/c1-21-7-9-5-19(6-10(9)14(18)20)4-8-2-11(15)13(17)12(16)3-8/h2-3,9-10H,4-7H2,1H3,(H2,18,20)/t9-,10+/m0/s1. The Morgan fingerprint density at radius 2 is 1.95 bits per heavy atom. The zero-order chi connectivity index (χ0) is 15.6. The second-order valence-electron chi connectivity index (χ2n) is 5.29. The van der Waals surface area contributed by atoms with Crippen LogP contribution in [0.1, 0.15) is 5.56 Å². The number of hydrogen-bond donors (Lipinski definition) is 1. The minimum absolute atomic E-state index is 0.0531. The van der Waals surface area contributed by atoms with Crippen LogP contribution in [0.15, 0.2) is 12.1 Å². The SMILES string of the molecule is COC[C@@H]1CN(Cc2cc(F)c(F)c(F)c2)C[C@H]1C(N)=O. The number of rotatable bonds is 5. The first-order valence-corrected chi connectivity index (χ1v) is 6.56. The Morgan fingerprint density at radius 1 is 1.33 bits per heavy atom. The Labute approximate surface area is 120 Å². The van der Waals surface area contributed by atoms with Crippen molar-refractivity contribution in [3.63, 3.8) is 0 Å². The first-order chi connectivity index (χ1) is 9.92. The highest BCUT2D eigenvalue weighted by Gasteiger charge is 2.36. The molecule has 1 heterocycles. The third-order valence-electron chi connectivity index (χ3n) is 3.71. The molecule has 1 amide bonds. The minimum atomic E-state index is -1.48. The molecule has 0 aromatic heterocycles. The molecule has 0 spiro atoms. The second kappa shape index (κ2) is 6.44. The smallest absolute Gasteiger partial charge is 0.222 e. The maximum absolute atomic E-state index is 13.2. The van der Waals surface area contributed by atoms with Gasteiger partial charge in [0.05, 0.1) is 12.5 Å². The van der Waals surface area contributed by atoms with Crippen LogP contribution in [0.2, 0.25) is 0 Å². The van der Waals surface area contributed by atoms with Crippen molar-refractivity contribution in [1.29, 1.82) is 0 Å². The molecule has 0 aliphatic carbocycles. The number of benzene rings is 1. The van der Waals surface area contributed by atoms with Crippen LogP contribution in [0.5, 0.6) is 0 Å². The van der Waals surface area contributed by atoms with E-state index < -0.39 is 23.4 Å². The van der Waals surface area contributed by atoms with Gasteiger partial charge in [-0.25, -0.2) is 13.2 Å². The van der Waals surface area contributed by atoms with Gasteiger partial charge in [-0.15, -0.1) is 0 Å². The molecule has 1 aromatic rings. The Kier molecular flexibility index (Phi) is 4.84. The number of likely N-dealkylation sites (tertiary alicyclic amines) is 1. The summed E-state index contributed by atoms with van der Waals surface area (Å²) < 4.78 is 44.3. The average Bonchev–Trinajstić information content (AvgIpc) is 2.79. The van der Waals surface area contributed by atoms with Crippen molar-refractivity contribution in [2.45, 2.75) is 6.54 Å². The topological polar surface area (TPSA) is 55.6 Å². The first kappa shape index (κ1) is 15.8. The van der Waals surface area contributed by atoms with E-state index in [0.717, 1.165) is 12.1 Å². The molecule has 0 bridgehead atoms. The van der Waals surface area contributed by atoms with E-state index in [1.165, 1.54) is 7.11 Å². The van der Waals surface area contributed by atoms with Crippen LogP contribution in [0.25, 0.3) is 0 Å². The number of nitrogens with two attached hydrogens (primary N) is 1. The fourth-order valence-corrected chi connectivity index (χ4v) is 2.75. The van der Waals surface area contributed by atoms with E-state index in [0.29, 0.717) is 25.3 Å². The number of nitrogens with zero attached hydrogens (tertiary/aromatic N) is 1. The number of halogens is 3. The zero-order valence-corrected chi connectivity index (χ0v) is 11.6. The highest BCUT2D eigenvalue weighted by molar-refractivity contribution is 5.77. The van der Waals surface area contributed by atoms with Crippen LogP contribution < -0.4 is 5.73 Å². The Hall–Kier alpha value is -1.60. The van der Waals surface area contributed by atoms with E-state index in [2.05, 4.69) is 0 Å². The number of amides is 1. The number of primary amides is 1. The number of carbonyl (C=O) groups is 1. The lowest BCUT2D eigenvalue weighted by Crippen LogP contribution is -2.31. The van der Waals surface area contributed by atoms with Crippen LogP contribution in [-0.4, -0.2) is 37.6 Å². The molecular weight excluding hydrogens is 285 g/mol. The lowest BCUT2D eigenvalue weighted by molar-refractivity contribution is -0.123. The Balaban J connectivity index is 2.09. The summed E-state index contributed by atoms with van der Waals surface area (Å²) in [5.74, 6) is -4.75. The lowest BCUT2D eigenvalue weighted by atomic mass is 9.96. The summed E-state index contributed by atoms with van der Waals surface area (Å²) in [4.78, 5) is 13.3. The van der Waals surface area contributed by atoms with Gasteiger partial charge in [-0.2, -0.15) is 0 Å². The molecule has 0 unspecified atom stereocenters. The molecule has 1 saturated heterocycles. The molecule has 1 aliphatic rings. The van der Waals surface area contributed by atoms with Crippen LogP contribution in [0.4, 0.5) is 13.2 Å². The van der Waals surface area contributed by atoms with E-state index in [1.54, 1.807) is 0 Å². The predicted octanol–water partition coefficient (Wildman–Crippen LogP) is 1.28.